The molecule has 0 amide bonds. The molecule has 0 spiro atoms. The summed E-state index contributed by atoms with van der Waals surface area (Å²) in [5.41, 5.74) is -2.01. The Morgan fingerprint density at radius 3 is 2.61 bits per heavy atom. The SMILES string of the molecule is FC(F)(F)C1(c2noc(C34CNCC3C4)n2)CC1. The second-order valence-corrected chi connectivity index (χ2v) is 5.69. The fourth-order valence-electron chi connectivity index (χ4n) is 3.05. The van der Waals surface area contributed by atoms with Gasteiger partial charge in [0.15, 0.2) is 5.82 Å². The van der Waals surface area contributed by atoms with E-state index in [2.05, 4.69) is 15.5 Å². The van der Waals surface area contributed by atoms with Gasteiger partial charge in [0.25, 0.3) is 0 Å². The zero-order valence-corrected chi connectivity index (χ0v) is 9.55. The standard InChI is InChI=1S/C11H12F3N3O/c12-11(13,14)10(1-2-10)7-16-8(18-17-7)9-3-6(9)4-15-5-9/h6,15H,1-5H2. The minimum Gasteiger partial charge on any atom is -0.339 e. The van der Waals surface area contributed by atoms with E-state index in [4.69, 9.17) is 4.52 Å². The van der Waals surface area contributed by atoms with Crippen molar-refractivity contribution in [2.45, 2.75) is 36.3 Å². The van der Waals surface area contributed by atoms with E-state index in [1.807, 2.05) is 0 Å². The highest BCUT2D eigenvalue weighted by Crippen LogP contribution is 2.60. The molecule has 3 aliphatic rings. The van der Waals surface area contributed by atoms with Gasteiger partial charge in [0.2, 0.25) is 5.89 Å². The monoisotopic (exact) mass is 259 g/mol. The number of fused-ring (bicyclic) bond motifs is 1. The average molecular weight is 259 g/mol. The number of nitrogens with zero attached hydrogens (tertiary/aromatic N) is 2. The Balaban J connectivity index is 1.68. The molecule has 2 aliphatic carbocycles. The van der Waals surface area contributed by atoms with Gasteiger partial charge in [-0.25, -0.2) is 0 Å². The van der Waals surface area contributed by atoms with Crippen molar-refractivity contribution >= 4 is 0 Å². The predicted octanol–water partition coefficient (Wildman–Crippen LogP) is 1.52. The van der Waals surface area contributed by atoms with Gasteiger partial charge in [-0.2, -0.15) is 18.2 Å². The molecule has 98 valence electrons. The number of halogens is 3. The Kier molecular flexibility index (Phi) is 1.73. The number of hydrogen-bond donors (Lipinski definition) is 1. The molecular weight excluding hydrogens is 247 g/mol. The van der Waals surface area contributed by atoms with E-state index in [0.29, 0.717) is 11.8 Å². The highest BCUT2D eigenvalue weighted by Gasteiger charge is 2.68. The molecule has 4 rings (SSSR count). The largest absolute Gasteiger partial charge is 0.401 e. The van der Waals surface area contributed by atoms with Gasteiger partial charge in [0, 0.05) is 6.54 Å². The van der Waals surface area contributed by atoms with Crippen LogP contribution in [0.4, 0.5) is 13.2 Å². The lowest BCUT2D eigenvalue weighted by molar-refractivity contribution is -0.162. The molecule has 2 unspecified atom stereocenters. The van der Waals surface area contributed by atoms with Crippen LogP contribution in [0.15, 0.2) is 4.52 Å². The van der Waals surface area contributed by atoms with Gasteiger partial charge in [-0.05, 0) is 31.7 Å². The van der Waals surface area contributed by atoms with Crippen LogP contribution in [-0.2, 0) is 10.8 Å². The molecule has 2 saturated carbocycles. The number of piperidine rings is 1. The van der Waals surface area contributed by atoms with Gasteiger partial charge >= 0.3 is 6.18 Å². The minimum atomic E-state index is -4.28. The van der Waals surface area contributed by atoms with Crippen LogP contribution in [0.2, 0.25) is 0 Å². The Bertz CT molecular complexity index is 508. The molecule has 7 heteroatoms. The lowest BCUT2D eigenvalue weighted by atomic mass is 10.1. The van der Waals surface area contributed by atoms with E-state index >= 15 is 0 Å². The van der Waals surface area contributed by atoms with Gasteiger partial charge < -0.3 is 9.84 Å². The van der Waals surface area contributed by atoms with E-state index in [1.165, 1.54) is 0 Å². The maximum atomic E-state index is 12.9. The predicted molar refractivity (Wildman–Crippen MR) is 53.9 cm³/mol. The third kappa shape index (κ3) is 1.15. The number of nitrogens with one attached hydrogen (secondary N) is 1. The molecule has 0 bridgehead atoms. The van der Waals surface area contributed by atoms with Gasteiger partial charge in [0.1, 0.15) is 5.41 Å². The molecule has 1 saturated heterocycles. The molecule has 2 atom stereocenters. The molecule has 1 aliphatic heterocycles. The number of alkyl halides is 3. The van der Waals surface area contributed by atoms with Gasteiger partial charge in [-0.3, -0.25) is 0 Å². The molecule has 3 fully saturated rings. The van der Waals surface area contributed by atoms with Gasteiger partial charge in [0.05, 0.1) is 5.41 Å². The summed E-state index contributed by atoms with van der Waals surface area (Å²) < 4.78 is 43.9. The molecule has 0 aromatic carbocycles. The zero-order valence-electron chi connectivity index (χ0n) is 9.55. The smallest absolute Gasteiger partial charge is 0.339 e. The highest BCUT2D eigenvalue weighted by atomic mass is 19.4. The second-order valence-electron chi connectivity index (χ2n) is 5.69. The average Bonchev–Trinajstić information content (AvgIpc) is 3.16. The Morgan fingerprint density at radius 1 is 1.33 bits per heavy atom. The minimum absolute atomic E-state index is 0.0736. The molecule has 0 radical (unpaired) electrons. The van der Waals surface area contributed by atoms with Crippen LogP contribution >= 0.6 is 0 Å². The quantitative estimate of drug-likeness (QED) is 0.875. The third-order valence-corrected chi connectivity index (χ3v) is 4.64. The van der Waals surface area contributed by atoms with Crippen LogP contribution in [0.25, 0.3) is 0 Å². The normalized spacial score (nSPS) is 36.5. The molecule has 1 aromatic heterocycles. The molecule has 2 heterocycles. The summed E-state index contributed by atoms with van der Waals surface area (Å²) in [6.45, 7) is 1.63. The van der Waals surface area contributed by atoms with Crippen LogP contribution in [-0.4, -0.2) is 29.4 Å². The number of rotatable bonds is 2. The summed E-state index contributed by atoms with van der Waals surface area (Å²) in [5.74, 6) is 0.673. The third-order valence-electron chi connectivity index (χ3n) is 4.64. The van der Waals surface area contributed by atoms with Crippen molar-refractivity contribution in [3.05, 3.63) is 11.7 Å². The summed E-state index contributed by atoms with van der Waals surface area (Å²) in [7, 11) is 0. The van der Waals surface area contributed by atoms with Crippen molar-refractivity contribution in [1.29, 1.82) is 0 Å². The zero-order chi connectivity index (χ0) is 12.6. The lowest BCUT2D eigenvalue weighted by Gasteiger charge is -2.14. The summed E-state index contributed by atoms with van der Waals surface area (Å²) in [4.78, 5) is 4.07. The van der Waals surface area contributed by atoms with Crippen molar-refractivity contribution in [2.75, 3.05) is 13.1 Å². The van der Waals surface area contributed by atoms with Crippen LogP contribution in [0.3, 0.4) is 0 Å². The lowest BCUT2D eigenvalue weighted by Crippen LogP contribution is -2.30. The van der Waals surface area contributed by atoms with Gasteiger partial charge in [-0.1, -0.05) is 5.16 Å². The number of hydrogen-bond acceptors (Lipinski definition) is 4. The van der Waals surface area contributed by atoms with Crippen molar-refractivity contribution in [3.8, 4) is 0 Å². The first kappa shape index (κ1) is 10.8. The Hall–Kier alpha value is -1.11. The molecule has 1 aromatic rings. The summed E-state index contributed by atoms with van der Waals surface area (Å²) in [6.07, 6.45) is -3.18. The first-order valence-electron chi connectivity index (χ1n) is 6.10. The fraction of sp³-hybridized carbons (Fsp3) is 0.818. The van der Waals surface area contributed by atoms with Crippen LogP contribution in [0.5, 0.6) is 0 Å². The van der Waals surface area contributed by atoms with Gasteiger partial charge in [-0.15, -0.1) is 0 Å². The van der Waals surface area contributed by atoms with E-state index in [1.54, 1.807) is 0 Å². The van der Waals surface area contributed by atoms with E-state index in [-0.39, 0.29) is 24.1 Å². The fourth-order valence-corrected chi connectivity index (χ4v) is 3.05. The van der Waals surface area contributed by atoms with Crippen LogP contribution in [0.1, 0.15) is 31.0 Å². The second kappa shape index (κ2) is 2.89. The molecule has 1 N–H and O–H groups in total. The summed E-state index contributed by atoms with van der Waals surface area (Å²) >= 11 is 0. The van der Waals surface area contributed by atoms with Crippen molar-refractivity contribution in [2.24, 2.45) is 5.92 Å². The molecular formula is C11H12F3N3O. The van der Waals surface area contributed by atoms with Crippen LogP contribution in [0, 0.1) is 5.92 Å². The van der Waals surface area contributed by atoms with Crippen molar-refractivity contribution < 1.29 is 17.7 Å². The Labute approximate surface area is 101 Å². The summed E-state index contributed by atoms with van der Waals surface area (Å²) in [5, 5.41) is 6.80. The first-order chi connectivity index (χ1) is 8.48. The van der Waals surface area contributed by atoms with E-state index < -0.39 is 11.6 Å². The maximum absolute atomic E-state index is 12.9. The maximum Gasteiger partial charge on any atom is 0.401 e. The highest BCUT2D eigenvalue weighted by molar-refractivity contribution is 5.28. The van der Waals surface area contributed by atoms with E-state index in [9.17, 15) is 13.2 Å². The van der Waals surface area contributed by atoms with Crippen molar-refractivity contribution in [1.82, 2.24) is 15.5 Å². The Morgan fingerprint density at radius 2 is 2.11 bits per heavy atom. The van der Waals surface area contributed by atoms with Crippen LogP contribution < -0.4 is 5.32 Å². The molecule has 18 heavy (non-hydrogen) atoms. The number of aromatic nitrogens is 2. The van der Waals surface area contributed by atoms with E-state index in [0.717, 1.165) is 19.5 Å². The molecule has 4 nitrogen and oxygen atoms in total. The summed E-state index contributed by atoms with van der Waals surface area (Å²) in [6, 6.07) is 0. The topological polar surface area (TPSA) is 51.0 Å². The first-order valence-corrected chi connectivity index (χ1v) is 6.10. The van der Waals surface area contributed by atoms with Crippen molar-refractivity contribution in [3.63, 3.8) is 0 Å².